The Morgan fingerprint density at radius 2 is 2.14 bits per heavy atom. The Labute approximate surface area is 130 Å². The standard InChI is InChI=1S/C11H10BrF3N6O/c1-21-3-2-5(20-21)4-17-10(22)6-9(16)19-7(8(12)18-6)11(13,14)15/h2-3H,4H2,1H3,(H2,16,19)(H,17,22). The molecule has 1 amide bonds. The molecule has 0 unspecified atom stereocenters. The van der Waals surface area contributed by atoms with Crippen LogP contribution in [0, 0.1) is 0 Å². The molecule has 0 aliphatic heterocycles. The number of nitrogen functional groups attached to an aromatic ring is 1. The van der Waals surface area contributed by atoms with E-state index in [0.29, 0.717) is 5.69 Å². The molecule has 2 aromatic rings. The van der Waals surface area contributed by atoms with Gasteiger partial charge in [-0.25, -0.2) is 9.97 Å². The number of rotatable bonds is 3. The van der Waals surface area contributed by atoms with Crippen molar-refractivity contribution < 1.29 is 18.0 Å². The molecule has 0 aliphatic carbocycles. The molecule has 7 nitrogen and oxygen atoms in total. The number of aromatic nitrogens is 4. The molecule has 0 radical (unpaired) electrons. The van der Waals surface area contributed by atoms with E-state index < -0.39 is 33.9 Å². The summed E-state index contributed by atoms with van der Waals surface area (Å²) in [6, 6.07) is 1.68. The Kier molecular flexibility index (Phi) is 4.35. The molecule has 0 saturated carbocycles. The van der Waals surface area contributed by atoms with Crippen molar-refractivity contribution in [3.63, 3.8) is 0 Å². The van der Waals surface area contributed by atoms with Crippen molar-refractivity contribution in [2.24, 2.45) is 7.05 Å². The monoisotopic (exact) mass is 378 g/mol. The van der Waals surface area contributed by atoms with Gasteiger partial charge in [-0.05, 0) is 22.0 Å². The van der Waals surface area contributed by atoms with E-state index in [9.17, 15) is 18.0 Å². The number of aryl methyl sites for hydroxylation is 1. The van der Waals surface area contributed by atoms with Gasteiger partial charge in [0.2, 0.25) is 0 Å². The maximum absolute atomic E-state index is 12.6. The summed E-state index contributed by atoms with van der Waals surface area (Å²) in [5.41, 5.74) is 4.28. The fraction of sp³-hybridized carbons (Fsp3) is 0.273. The number of anilines is 1. The quantitative estimate of drug-likeness (QED) is 0.843. The van der Waals surface area contributed by atoms with Gasteiger partial charge >= 0.3 is 6.18 Å². The second-order valence-electron chi connectivity index (χ2n) is 4.26. The first-order valence-corrected chi connectivity index (χ1v) is 6.64. The van der Waals surface area contributed by atoms with Crippen LogP contribution in [0.25, 0.3) is 0 Å². The second kappa shape index (κ2) is 5.91. The summed E-state index contributed by atoms with van der Waals surface area (Å²) in [6.45, 7) is 0.0828. The molecule has 118 valence electrons. The van der Waals surface area contributed by atoms with Gasteiger partial charge in [0.25, 0.3) is 5.91 Å². The SMILES string of the molecule is Cn1ccc(CNC(=O)c2nc(Br)c(C(F)(F)F)nc2N)n1. The molecule has 0 bridgehead atoms. The third-order valence-electron chi connectivity index (χ3n) is 2.56. The Bertz CT molecular complexity index is 714. The fourth-order valence-corrected chi connectivity index (χ4v) is 2.08. The lowest BCUT2D eigenvalue weighted by Crippen LogP contribution is -2.26. The van der Waals surface area contributed by atoms with E-state index >= 15 is 0 Å². The summed E-state index contributed by atoms with van der Waals surface area (Å²) in [7, 11) is 1.71. The number of amides is 1. The average molecular weight is 379 g/mol. The number of hydrogen-bond donors (Lipinski definition) is 2. The van der Waals surface area contributed by atoms with Gasteiger partial charge in [0.05, 0.1) is 12.2 Å². The molecule has 0 aliphatic rings. The minimum absolute atomic E-state index is 0.0828. The predicted octanol–water partition coefficient (Wildman–Crippen LogP) is 1.50. The summed E-state index contributed by atoms with van der Waals surface area (Å²) < 4.78 is 38.8. The van der Waals surface area contributed by atoms with E-state index in [0.717, 1.165) is 0 Å². The van der Waals surface area contributed by atoms with Crippen LogP contribution in [0.4, 0.5) is 19.0 Å². The number of alkyl halides is 3. The van der Waals surface area contributed by atoms with E-state index in [2.05, 4.69) is 36.3 Å². The number of nitrogens with zero attached hydrogens (tertiary/aromatic N) is 4. The first-order valence-electron chi connectivity index (χ1n) is 5.85. The molecule has 22 heavy (non-hydrogen) atoms. The van der Waals surface area contributed by atoms with Gasteiger partial charge < -0.3 is 11.1 Å². The molecule has 11 heteroatoms. The molecule has 0 saturated heterocycles. The lowest BCUT2D eigenvalue weighted by molar-refractivity contribution is -0.142. The van der Waals surface area contributed by atoms with Crippen LogP contribution >= 0.6 is 15.9 Å². The van der Waals surface area contributed by atoms with Crippen molar-refractivity contribution >= 4 is 27.7 Å². The summed E-state index contributed by atoms with van der Waals surface area (Å²) >= 11 is 2.64. The number of nitrogens with one attached hydrogen (secondary N) is 1. The fourth-order valence-electron chi connectivity index (χ4n) is 1.59. The zero-order valence-electron chi connectivity index (χ0n) is 11.1. The Balaban J connectivity index is 2.18. The summed E-state index contributed by atoms with van der Waals surface area (Å²) in [6.07, 6.45) is -3.03. The molecule has 0 aromatic carbocycles. The first-order chi connectivity index (χ1) is 10.2. The third-order valence-corrected chi connectivity index (χ3v) is 3.12. The minimum atomic E-state index is -4.72. The molecule has 2 aromatic heterocycles. The Hall–Kier alpha value is -2.17. The lowest BCUT2D eigenvalue weighted by atomic mass is 10.3. The molecule has 0 fully saturated rings. The number of halogens is 4. The highest BCUT2D eigenvalue weighted by molar-refractivity contribution is 9.10. The summed E-state index contributed by atoms with van der Waals surface area (Å²) in [4.78, 5) is 18.6. The van der Waals surface area contributed by atoms with E-state index in [4.69, 9.17) is 5.73 Å². The highest BCUT2D eigenvalue weighted by Crippen LogP contribution is 2.33. The summed E-state index contributed by atoms with van der Waals surface area (Å²) in [5, 5.41) is 6.49. The van der Waals surface area contributed by atoms with Crippen molar-refractivity contribution in [2.45, 2.75) is 12.7 Å². The van der Waals surface area contributed by atoms with Crippen molar-refractivity contribution in [1.29, 1.82) is 0 Å². The molecular formula is C11H10BrF3N6O. The maximum atomic E-state index is 12.6. The lowest BCUT2D eigenvalue weighted by Gasteiger charge is -2.11. The van der Waals surface area contributed by atoms with Crippen LogP contribution in [0.3, 0.4) is 0 Å². The van der Waals surface area contributed by atoms with Gasteiger partial charge in [-0.3, -0.25) is 9.48 Å². The number of hydrogen-bond acceptors (Lipinski definition) is 5. The van der Waals surface area contributed by atoms with Crippen LogP contribution in [-0.2, 0) is 19.8 Å². The maximum Gasteiger partial charge on any atom is 0.436 e. The number of carbonyl (C=O) groups is 1. The predicted molar refractivity (Wildman–Crippen MR) is 73.5 cm³/mol. The molecule has 2 rings (SSSR count). The molecular weight excluding hydrogens is 369 g/mol. The first kappa shape index (κ1) is 16.2. The van der Waals surface area contributed by atoms with Gasteiger partial charge in [0.15, 0.2) is 17.2 Å². The highest BCUT2D eigenvalue weighted by Gasteiger charge is 2.37. The van der Waals surface area contributed by atoms with Crippen molar-refractivity contribution in [2.75, 3.05) is 5.73 Å². The largest absolute Gasteiger partial charge is 0.436 e. The smallest absolute Gasteiger partial charge is 0.382 e. The van der Waals surface area contributed by atoms with Crippen LogP contribution in [0.15, 0.2) is 16.9 Å². The molecule has 2 heterocycles. The van der Waals surface area contributed by atoms with Crippen molar-refractivity contribution in [3.8, 4) is 0 Å². The van der Waals surface area contributed by atoms with Gasteiger partial charge in [-0.15, -0.1) is 0 Å². The van der Waals surface area contributed by atoms with E-state index in [-0.39, 0.29) is 6.54 Å². The topological polar surface area (TPSA) is 98.7 Å². The highest BCUT2D eigenvalue weighted by atomic mass is 79.9. The summed E-state index contributed by atoms with van der Waals surface area (Å²) in [5.74, 6) is -1.35. The van der Waals surface area contributed by atoms with E-state index in [1.54, 1.807) is 24.0 Å². The zero-order valence-corrected chi connectivity index (χ0v) is 12.7. The molecule has 0 spiro atoms. The van der Waals surface area contributed by atoms with Crippen LogP contribution in [0.2, 0.25) is 0 Å². The second-order valence-corrected chi connectivity index (χ2v) is 5.01. The van der Waals surface area contributed by atoms with Crippen molar-refractivity contribution in [3.05, 3.63) is 33.9 Å². The van der Waals surface area contributed by atoms with Crippen LogP contribution < -0.4 is 11.1 Å². The number of nitrogens with two attached hydrogens (primary N) is 1. The average Bonchev–Trinajstić information content (AvgIpc) is 2.82. The van der Waals surface area contributed by atoms with Crippen molar-refractivity contribution in [1.82, 2.24) is 25.1 Å². The van der Waals surface area contributed by atoms with Gasteiger partial charge in [-0.1, -0.05) is 0 Å². The van der Waals surface area contributed by atoms with Crippen LogP contribution in [0.1, 0.15) is 21.9 Å². The third kappa shape index (κ3) is 3.53. The normalized spacial score (nSPS) is 11.5. The van der Waals surface area contributed by atoms with E-state index in [1.165, 1.54) is 0 Å². The van der Waals surface area contributed by atoms with E-state index in [1.807, 2.05) is 0 Å². The minimum Gasteiger partial charge on any atom is -0.382 e. The molecule has 0 atom stereocenters. The van der Waals surface area contributed by atoms with Gasteiger partial charge in [0.1, 0.15) is 4.60 Å². The Morgan fingerprint density at radius 3 is 2.68 bits per heavy atom. The number of carbonyl (C=O) groups excluding carboxylic acids is 1. The van der Waals surface area contributed by atoms with Crippen LogP contribution in [-0.4, -0.2) is 25.7 Å². The zero-order chi connectivity index (χ0) is 16.5. The molecule has 3 N–H and O–H groups in total. The Morgan fingerprint density at radius 1 is 1.45 bits per heavy atom. The van der Waals surface area contributed by atoms with Gasteiger partial charge in [0, 0.05) is 13.2 Å². The van der Waals surface area contributed by atoms with Gasteiger partial charge in [-0.2, -0.15) is 18.3 Å². The van der Waals surface area contributed by atoms with Crippen LogP contribution in [0.5, 0.6) is 0 Å².